The molecule has 2 fully saturated rings. The number of esters is 1. The third-order valence-electron chi connectivity index (χ3n) is 11.3. The van der Waals surface area contributed by atoms with Crippen LogP contribution in [0.4, 0.5) is 10.3 Å². The molecule has 0 radical (unpaired) electrons. The summed E-state index contributed by atoms with van der Waals surface area (Å²) in [7, 11) is 1.37. The van der Waals surface area contributed by atoms with Gasteiger partial charge in [-0.2, -0.15) is 0 Å². The maximum Gasteiger partial charge on any atom is 0.357 e. The van der Waals surface area contributed by atoms with Gasteiger partial charge in [0.05, 0.1) is 29.9 Å². The summed E-state index contributed by atoms with van der Waals surface area (Å²) in [5.74, 6) is 6.55. The number of hydrogen-bond donors (Lipinski definition) is 2. The molecule has 8 rings (SSSR count). The molecule has 11 nitrogen and oxygen atoms in total. The van der Waals surface area contributed by atoms with E-state index in [2.05, 4.69) is 38.0 Å². The van der Waals surface area contributed by atoms with E-state index in [-0.39, 0.29) is 11.8 Å². The lowest BCUT2D eigenvalue weighted by molar-refractivity contribution is -0.147. The molecule has 0 atom stereocenters. The van der Waals surface area contributed by atoms with Crippen LogP contribution in [0.15, 0.2) is 66.7 Å². The number of ether oxygens (including phenoxy) is 2. The molecule has 5 aromatic rings. The minimum Gasteiger partial charge on any atom is -0.494 e. The number of benzene rings is 3. The number of aryl methyl sites for hydroxylation is 1. The topological polar surface area (TPSA) is 134 Å². The van der Waals surface area contributed by atoms with Crippen LogP contribution in [0.25, 0.3) is 10.2 Å². The molecule has 4 heterocycles. The van der Waals surface area contributed by atoms with Crippen molar-refractivity contribution >= 4 is 61.0 Å². The van der Waals surface area contributed by atoms with Crippen molar-refractivity contribution in [1.82, 2.24) is 14.9 Å². The van der Waals surface area contributed by atoms with Crippen molar-refractivity contribution < 1.29 is 29.0 Å². The summed E-state index contributed by atoms with van der Waals surface area (Å²) in [6.07, 6.45) is 6.71. The Morgan fingerprint density at radius 1 is 0.965 bits per heavy atom. The fraction of sp³-hybridized carbons (Fsp3) is 0.386. The molecule has 1 saturated carbocycles. The Balaban J connectivity index is 0.824. The molecule has 1 aliphatic carbocycles. The molecule has 0 spiro atoms. The number of nitrogens with zero attached hydrogens (tertiary/aromatic N) is 4. The summed E-state index contributed by atoms with van der Waals surface area (Å²) >= 11 is 2.94. The average molecular weight is 804 g/mol. The number of carbonyl (C=O) groups is 3. The van der Waals surface area contributed by atoms with E-state index in [9.17, 15) is 14.4 Å². The number of anilines is 2. The van der Waals surface area contributed by atoms with Gasteiger partial charge < -0.3 is 24.4 Å². The zero-order valence-corrected chi connectivity index (χ0v) is 33.5. The van der Waals surface area contributed by atoms with Crippen LogP contribution < -0.4 is 15.0 Å². The molecule has 1 amide bonds. The summed E-state index contributed by atoms with van der Waals surface area (Å²) in [4.78, 5) is 52.3. The second kappa shape index (κ2) is 17.5. The molecule has 2 aromatic heterocycles. The Kier molecular flexibility index (Phi) is 11.8. The van der Waals surface area contributed by atoms with E-state index in [0.29, 0.717) is 60.9 Å². The van der Waals surface area contributed by atoms with Crippen LogP contribution in [0.2, 0.25) is 0 Å². The van der Waals surface area contributed by atoms with E-state index >= 15 is 0 Å². The van der Waals surface area contributed by atoms with Gasteiger partial charge in [-0.3, -0.25) is 14.9 Å². The maximum absolute atomic E-state index is 13.5. The van der Waals surface area contributed by atoms with Crippen LogP contribution in [0, 0.1) is 23.7 Å². The normalized spacial score (nSPS) is 18.2. The average Bonchev–Trinajstić information content (AvgIpc) is 3.83. The minimum atomic E-state index is -0.656. The number of aromatic nitrogens is 2. The van der Waals surface area contributed by atoms with Crippen molar-refractivity contribution in [2.75, 3.05) is 43.6 Å². The number of fused-ring (bicyclic) bond motifs is 2. The predicted octanol–water partition coefficient (Wildman–Crippen LogP) is 7.68. The quantitative estimate of drug-likeness (QED) is 0.0735. The first-order valence-electron chi connectivity index (χ1n) is 19.6. The summed E-state index contributed by atoms with van der Waals surface area (Å²) in [5, 5.41) is 13.5. The lowest BCUT2D eigenvalue weighted by atomic mass is 9.78. The minimum absolute atomic E-state index is 0.156. The number of carboxylic acids is 1. The zero-order valence-electron chi connectivity index (χ0n) is 31.9. The van der Waals surface area contributed by atoms with Crippen molar-refractivity contribution in [2.45, 2.75) is 64.0 Å². The Labute approximate surface area is 340 Å². The van der Waals surface area contributed by atoms with Gasteiger partial charge in [-0.15, -0.1) is 11.3 Å². The second-order valence-corrected chi connectivity index (χ2v) is 17.0. The highest BCUT2D eigenvalue weighted by Gasteiger charge is 2.39. The SMILES string of the molecule is COC(=O)c1nc(N2CCc3cccc(C(=O)Nc4nc5ccccc5s4)c3C2)sc1CCCOc1ccc(C#CCC2CCN(C3CC(C(=O)O)C3)CC2)cc1. The van der Waals surface area contributed by atoms with Crippen LogP contribution in [0.1, 0.15) is 80.9 Å². The van der Waals surface area contributed by atoms with Crippen LogP contribution in [0.5, 0.6) is 5.75 Å². The number of likely N-dealkylation sites (tertiary alicyclic amines) is 1. The van der Waals surface area contributed by atoms with Gasteiger partial charge in [0.25, 0.3) is 5.91 Å². The molecular weight excluding hydrogens is 759 g/mol. The number of amides is 1. The first-order valence-corrected chi connectivity index (χ1v) is 21.2. The summed E-state index contributed by atoms with van der Waals surface area (Å²) in [5.41, 5.74) is 4.81. The van der Waals surface area contributed by atoms with E-state index in [1.165, 1.54) is 29.8 Å². The van der Waals surface area contributed by atoms with Gasteiger partial charge in [-0.05, 0) is 118 Å². The Morgan fingerprint density at radius 2 is 1.77 bits per heavy atom. The van der Waals surface area contributed by atoms with E-state index in [0.717, 1.165) is 94.3 Å². The van der Waals surface area contributed by atoms with E-state index < -0.39 is 11.9 Å². The molecular formula is C44H45N5O6S2. The van der Waals surface area contributed by atoms with Crippen LogP contribution in [-0.4, -0.2) is 77.2 Å². The third-order valence-corrected chi connectivity index (χ3v) is 13.4. The first-order chi connectivity index (χ1) is 27.8. The highest BCUT2D eigenvalue weighted by atomic mass is 32.1. The Hall–Kier alpha value is -5.29. The highest BCUT2D eigenvalue weighted by Crippen LogP contribution is 2.36. The van der Waals surface area contributed by atoms with E-state index in [1.807, 2.05) is 60.7 Å². The van der Waals surface area contributed by atoms with Crippen LogP contribution >= 0.6 is 22.7 Å². The van der Waals surface area contributed by atoms with Crippen LogP contribution in [-0.2, 0) is 28.9 Å². The number of nitrogens with one attached hydrogen (secondary N) is 1. The number of carbonyl (C=O) groups excluding carboxylic acids is 2. The Morgan fingerprint density at radius 3 is 2.54 bits per heavy atom. The molecule has 0 bridgehead atoms. The monoisotopic (exact) mass is 803 g/mol. The van der Waals surface area contributed by atoms with E-state index in [4.69, 9.17) is 19.6 Å². The molecule has 13 heteroatoms. The van der Waals surface area contributed by atoms with Gasteiger partial charge in [-0.25, -0.2) is 14.8 Å². The van der Waals surface area contributed by atoms with Crippen molar-refractivity contribution in [3.8, 4) is 17.6 Å². The standard InChI is InChI=1S/C44H45N5O6S2/c1-54-42(53)39-38(13-6-24-55-33-16-14-28(15-17-33)7-4-8-29-18-21-48(22-19-29)32-25-31(26-32)41(51)52)57-44(46-39)49-23-20-30-9-5-10-34(35(30)27-49)40(50)47-43-45-36-11-2-3-12-37(36)56-43/h2-3,5,9-12,14-17,29,31-32H,6,8,13,18-27H2,1H3,(H,51,52)(H,45,47,50). The molecule has 294 valence electrons. The molecule has 2 N–H and O–H groups in total. The van der Waals surface area contributed by atoms with Gasteiger partial charge in [0.2, 0.25) is 0 Å². The number of rotatable bonds is 12. The van der Waals surface area contributed by atoms with Crippen LogP contribution in [0.3, 0.4) is 0 Å². The predicted molar refractivity (Wildman–Crippen MR) is 222 cm³/mol. The molecule has 3 aliphatic rings. The van der Waals surface area contributed by atoms with Crippen molar-refractivity contribution in [3.63, 3.8) is 0 Å². The van der Waals surface area contributed by atoms with Gasteiger partial charge >= 0.3 is 11.9 Å². The third kappa shape index (κ3) is 8.99. The number of piperidine rings is 1. The maximum atomic E-state index is 13.5. The van der Waals surface area contributed by atoms with Gasteiger partial charge in [0.1, 0.15) is 5.75 Å². The smallest absolute Gasteiger partial charge is 0.357 e. The zero-order chi connectivity index (χ0) is 39.3. The Bertz CT molecular complexity index is 2280. The summed E-state index contributed by atoms with van der Waals surface area (Å²) < 4.78 is 12.2. The lowest BCUT2D eigenvalue weighted by Gasteiger charge is -2.44. The number of carboxylic acid groups (broad SMARTS) is 1. The van der Waals surface area contributed by atoms with Crippen molar-refractivity contribution in [3.05, 3.63) is 99.6 Å². The number of para-hydroxylation sites is 1. The largest absolute Gasteiger partial charge is 0.494 e. The molecule has 3 aromatic carbocycles. The van der Waals surface area contributed by atoms with Gasteiger partial charge in [-0.1, -0.05) is 47.4 Å². The van der Waals surface area contributed by atoms with Gasteiger partial charge in [0.15, 0.2) is 16.0 Å². The van der Waals surface area contributed by atoms with Crippen molar-refractivity contribution in [2.24, 2.45) is 11.8 Å². The van der Waals surface area contributed by atoms with Crippen molar-refractivity contribution in [1.29, 1.82) is 0 Å². The molecule has 1 saturated heterocycles. The second-order valence-electron chi connectivity index (χ2n) is 14.9. The highest BCUT2D eigenvalue weighted by molar-refractivity contribution is 7.22. The summed E-state index contributed by atoms with van der Waals surface area (Å²) in [6.45, 7) is 3.75. The lowest BCUT2D eigenvalue weighted by Crippen LogP contribution is -2.49. The van der Waals surface area contributed by atoms with E-state index in [1.54, 1.807) is 0 Å². The first kappa shape index (κ1) is 38.6. The number of thiazole rings is 2. The summed E-state index contributed by atoms with van der Waals surface area (Å²) in [6, 6.07) is 22.0. The number of aliphatic carboxylic acids is 1. The molecule has 0 unspecified atom stereocenters. The van der Waals surface area contributed by atoms with Gasteiger partial charge in [0, 0.05) is 41.6 Å². The number of hydrogen-bond acceptors (Lipinski definition) is 11. The fourth-order valence-electron chi connectivity index (χ4n) is 7.91. The molecule has 2 aliphatic heterocycles. The molecule has 57 heavy (non-hydrogen) atoms. The number of methoxy groups -OCH3 is 1. The fourth-order valence-corrected chi connectivity index (χ4v) is 9.89.